The number of ether oxygens (including phenoxy) is 1. The number of rotatable bonds is 7. The zero-order valence-corrected chi connectivity index (χ0v) is 20.8. The van der Waals surface area contributed by atoms with Gasteiger partial charge in [0.05, 0.1) is 17.5 Å². The van der Waals surface area contributed by atoms with Crippen molar-refractivity contribution >= 4 is 23.5 Å². The molecule has 1 unspecified atom stereocenters. The Kier molecular flexibility index (Phi) is 7.05. The first-order chi connectivity index (χ1) is 15.8. The van der Waals surface area contributed by atoms with Crippen molar-refractivity contribution in [1.29, 1.82) is 0 Å². The molecular formula is C27H31N3O2S. The van der Waals surface area contributed by atoms with Gasteiger partial charge in [-0.3, -0.25) is 4.79 Å². The second kappa shape index (κ2) is 9.98. The molecule has 0 radical (unpaired) electrons. The van der Waals surface area contributed by atoms with Gasteiger partial charge in [-0.05, 0) is 88.2 Å². The second-order valence-corrected chi connectivity index (χ2v) is 10.1. The summed E-state index contributed by atoms with van der Waals surface area (Å²) in [5, 5.41) is 1.01. The first-order valence-electron chi connectivity index (χ1n) is 11.4. The van der Waals surface area contributed by atoms with E-state index >= 15 is 0 Å². The molecule has 3 aromatic rings. The minimum Gasteiger partial charge on any atom is -0.491 e. The minimum atomic E-state index is -0.100. The van der Waals surface area contributed by atoms with Gasteiger partial charge in [-0.15, -0.1) is 11.3 Å². The Labute approximate surface area is 200 Å². The van der Waals surface area contributed by atoms with Crippen molar-refractivity contribution in [2.45, 2.75) is 45.6 Å². The number of hydrogen-bond acceptors (Lipinski definition) is 5. The number of aryl methyl sites for hydroxylation is 1. The van der Waals surface area contributed by atoms with Crippen LogP contribution in [0.2, 0.25) is 0 Å². The maximum atomic E-state index is 12.0. The maximum absolute atomic E-state index is 12.0. The Balaban J connectivity index is 1.57. The second-order valence-electron chi connectivity index (χ2n) is 9.10. The molecule has 1 aliphatic carbocycles. The Bertz CT molecular complexity index is 1180. The Morgan fingerprint density at radius 2 is 2.12 bits per heavy atom. The maximum Gasteiger partial charge on any atom is 0.259 e. The van der Waals surface area contributed by atoms with E-state index in [-0.39, 0.29) is 17.9 Å². The average Bonchev–Trinajstić information content (AvgIpc) is 3.40. The van der Waals surface area contributed by atoms with E-state index in [2.05, 4.69) is 42.2 Å². The monoisotopic (exact) mass is 461 g/mol. The normalized spacial score (nSPS) is 15.5. The lowest BCUT2D eigenvalue weighted by Gasteiger charge is -2.12. The van der Waals surface area contributed by atoms with Crippen molar-refractivity contribution in [3.63, 3.8) is 0 Å². The van der Waals surface area contributed by atoms with Crippen LogP contribution >= 0.6 is 11.3 Å². The van der Waals surface area contributed by atoms with Crippen molar-refractivity contribution in [3.8, 4) is 26.8 Å². The summed E-state index contributed by atoms with van der Waals surface area (Å²) in [5.74, 6) is 1.01. The van der Waals surface area contributed by atoms with Crippen LogP contribution in [0.3, 0.4) is 0 Å². The summed E-state index contributed by atoms with van der Waals surface area (Å²) in [7, 11) is 3.76. The van der Waals surface area contributed by atoms with Crippen molar-refractivity contribution < 1.29 is 9.53 Å². The molecule has 1 heterocycles. The molecule has 0 bridgehead atoms. The minimum absolute atomic E-state index is 0.100. The van der Waals surface area contributed by atoms with Gasteiger partial charge < -0.3 is 9.64 Å². The fourth-order valence-electron chi connectivity index (χ4n) is 4.26. The summed E-state index contributed by atoms with van der Waals surface area (Å²) in [6.07, 6.45) is 5.93. The molecule has 1 aromatic heterocycles. The van der Waals surface area contributed by atoms with Gasteiger partial charge in [-0.1, -0.05) is 18.2 Å². The van der Waals surface area contributed by atoms with Gasteiger partial charge in [0.1, 0.15) is 10.8 Å². The van der Waals surface area contributed by atoms with Crippen LogP contribution in [0.5, 0.6) is 5.75 Å². The number of thiazole rings is 1. The SMILES string of the molecule is Cc1cc(-c2ncc(-c3cccc4c3CCC4/C=N/C(=O)CN(C)C)s2)ccc1OC(C)C. The molecule has 0 aliphatic heterocycles. The van der Waals surface area contributed by atoms with E-state index in [1.807, 2.05) is 51.3 Å². The lowest BCUT2D eigenvalue weighted by molar-refractivity contribution is -0.118. The van der Waals surface area contributed by atoms with Gasteiger partial charge in [-0.2, -0.15) is 0 Å². The summed E-state index contributed by atoms with van der Waals surface area (Å²) < 4.78 is 5.87. The summed E-state index contributed by atoms with van der Waals surface area (Å²) >= 11 is 1.71. The van der Waals surface area contributed by atoms with E-state index in [0.29, 0.717) is 6.54 Å². The van der Waals surface area contributed by atoms with Crippen LogP contribution in [0.4, 0.5) is 0 Å². The lowest BCUT2D eigenvalue weighted by Crippen LogP contribution is -2.20. The van der Waals surface area contributed by atoms with Crippen LogP contribution in [0, 0.1) is 6.92 Å². The molecule has 2 aromatic carbocycles. The standard InChI is InChI=1S/C27H31N3O2S/c1-17(2)32-24-12-10-19(13-18(24)3)27-29-15-25(33-27)23-8-6-7-21-20(9-11-22(21)23)14-28-26(31)16-30(4)5/h6-8,10,12-15,17,20H,9,11,16H2,1-5H3/b28-14+. The quantitative estimate of drug-likeness (QED) is 0.420. The zero-order valence-electron chi connectivity index (χ0n) is 20.0. The van der Waals surface area contributed by atoms with Crippen molar-refractivity contribution in [1.82, 2.24) is 9.88 Å². The highest BCUT2D eigenvalue weighted by Crippen LogP contribution is 2.41. The van der Waals surface area contributed by atoms with Crippen LogP contribution in [-0.2, 0) is 11.2 Å². The molecule has 1 atom stereocenters. The first kappa shape index (κ1) is 23.3. The van der Waals surface area contributed by atoms with E-state index in [1.54, 1.807) is 11.3 Å². The van der Waals surface area contributed by atoms with Gasteiger partial charge in [-0.25, -0.2) is 9.98 Å². The van der Waals surface area contributed by atoms with Gasteiger partial charge in [0.25, 0.3) is 5.91 Å². The van der Waals surface area contributed by atoms with Crippen molar-refractivity contribution in [2.75, 3.05) is 20.6 Å². The number of fused-ring (bicyclic) bond motifs is 1. The highest BCUT2D eigenvalue weighted by atomic mass is 32.1. The number of likely N-dealkylation sites (N-methyl/N-ethyl adjacent to an activating group) is 1. The summed E-state index contributed by atoms with van der Waals surface area (Å²) in [6.45, 7) is 6.49. The van der Waals surface area contributed by atoms with Crippen LogP contribution in [0.25, 0.3) is 21.0 Å². The van der Waals surface area contributed by atoms with E-state index in [1.165, 1.54) is 21.6 Å². The third kappa shape index (κ3) is 5.40. The molecule has 172 valence electrons. The highest BCUT2D eigenvalue weighted by molar-refractivity contribution is 7.18. The third-order valence-electron chi connectivity index (χ3n) is 5.72. The molecule has 0 fully saturated rings. The first-order valence-corrected chi connectivity index (χ1v) is 12.2. The smallest absolute Gasteiger partial charge is 0.259 e. The number of nitrogens with zero attached hydrogens (tertiary/aromatic N) is 3. The van der Waals surface area contributed by atoms with E-state index in [9.17, 15) is 4.79 Å². The summed E-state index contributed by atoms with van der Waals surface area (Å²) in [5.41, 5.74) is 6.08. The number of benzene rings is 2. The number of hydrogen-bond donors (Lipinski definition) is 0. The number of amides is 1. The predicted molar refractivity (Wildman–Crippen MR) is 137 cm³/mol. The third-order valence-corrected chi connectivity index (χ3v) is 6.80. The molecule has 4 rings (SSSR count). The Morgan fingerprint density at radius 3 is 2.85 bits per heavy atom. The van der Waals surface area contributed by atoms with Crippen LogP contribution in [0.1, 0.15) is 42.9 Å². The molecule has 6 heteroatoms. The van der Waals surface area contributed by atoms with Gasteiger partial charge >= 0.3 is 0 Å². The van der Waals surface area contributed by atoms with Gasteiger partial charge in [0.2, 0.25) is 0 Å². The van der Waals surface area contributed by atoms with Crippen LogP contribution in [0.15, 0.2) is 47.6 Å². The topological polar surface area (TPSA) is 54.8 Å². The van der Waals surface area contributed by atoms with E-state index < -0.39 is 0 Å². The van der Waals surface area contributed by atoms with Gasteiger partial charge in [0.15, 0.2) is 0 Å². The average molecular weight is 462 g/mol. The number of carbonyl (C=O) groups excluding carboxylic acids is 1. The van der Waals surface area contributed by atoms with Crippen molar-refractivity contribution in [3.05, 3.63) is 59.3 Å². The lowest BCUT2D eigenvalue weighted by atomic mass is 9.99. The molecule has 33 heavy (non-hydrogen) atoms. The molecule has 0 spiro atoms. The van der Waals surface area contributed by atoms with Crippen LogP contribution in [-0.4, -0.2) is 48.7 Å². The highest BCUT2D eigenvalue weighted by Gasteiger charge is 2.25. The van der Waals surface area contributed by atoms with Gasteiger partial charge in [0, 0.05) is 23.9 Å². The summed E-state index contributed by atoms with van der Waals surface area (Å²) in [4.78, 5) is 23.9. The van der Waals surface area contributed by atoms with Crippen molar-refractivity contribution in [2.24, 2.45) is 4.99 Å². The molecule has 0 N–H and O–H groups in total. The molecule has 5 nitrogen and oxygen atoms in total. The van der Waals surface area contributed by atoms with E-state index in [0.717, 1.165) is 34.7 Å². The number of aliphatic imine (C=N–C) groups is 1. The molecule has 0 saturated heterocycles. The summed E-state index contributed by atoms with van der Waals surface area (Å²) in [6, 6.07) is 12.7. The Morgan fingerprint density at radius 1 is 1.30 bits per heavy atom. The van der Waals surface area contributed by atoms with Crippen LogP contribution < -0.4 is 4.74 Å². The number of carbonyl (C=O) groups is 1. The number of aromatic nitrogens is 1. The molecule has 1 amide bonds. The zero-order chi connectivity index (χ0) is 23.5. The molecule has 0 saturated carbocycles. The predicted octanol–water partition coefficient (Wildman–Crippen LogP) is 5.76. The fourth-order valence-corrected chi connectivity index (χ4v) is 5.22. The largest absolute Gasteiger partial charge is 0.491 e. The Hall–Kier alpha value is -2.83. The molecular weight excluding hydrogens is 430 g/mol. The fraction of sp³-hybridized carbons (Fsp3) is 0.370. The van der Waals surface area contributed by atoms with E-state index in [4.69, 9.17) is 9.72 Å². The molecule has 1 aliphatic rings.